The number of nitrogens with one attached hydrogen (secondary N) is 1. The summed E-state index contributed by atoms with van der Waals surface area (Å²) in [6.45, 7) is 4.28. The van der Waals surface area contributed by atoms with E-state index in [0.29, 0.717) is 12.0 Å². The van der Waals surface area contributed by atoms with Crippen LogP contribution >= 0.6 is 0 Å². The Kier molecular flexibility index (Phi) is 3.09. The Labute approximate surface area is 73.5 Å². The molecule has 1 saturated heterocycles. The van der Waals surface area contributed by atoms with E-state index in [-0.39, 0.29) is 12.0 Å². The Hall–Kier alpha value is -0.570. The third-order valence-corrected chi connectivity index (χ3v) is 2.37. The molecule has 1 aliphatic rings. The number of methoxy groups -OCH3 is 1. The second-order valence-corrected chi connectivity index (χ2v) is 3.72. The fraction of sp³-hybridized carbons (Fsp3) is 0.889. The lowest BCUT2D eigenvalue weighted by Crippen LogP contribution is -2.48. The molecule has 1 heterocycles. The number of carbonyl (C=O) groups excluding carboxylic acids is 1. The predicted octanol–water partition coefficient (Wildman–Crippen LogP) is 0.936. The van der Waals surface area contributed by atoms with Crippen LogP contribution in [0.2, 0.25) is 0 Å². The van der Waals surface area contributed by atoms with E-state index >= 15 is 0 Å². The Bertz CT molecular complexity index is 160. The van der Waals surface area contributed by atoms with Crippen molar-refractivity contribution in [3.8, 4) is 0 Å². The maximum atomic E-state index is 11.2. The molecule has 1 N–H and O–H groups in total. The van der Waals surface area contributed by atoms with E-state index in [1.165, 1.54) is 7.11 Å². The third kappa shape index (κ3) is 2.21. The molecule has 1 fully saturated rings. The van der Waals surface area contributed by atoms with Crippen molar-refractivity contribution in [1.29, 1.82) is 0 Å². The minimum absolute atomic E-state index is 0.0891. The molecule has 1 rings (SSSR count). The van der Waals surface area contributed by atoms with Crippen LogP contribution < -0.4 is 5.32 Å². The molecular formula is C9H17NO2. The summed E-state index contributed by atoms with van der Waals surface area (Å²) in [5, 5.41) is 3.22. The van der Waals surface area contributed by atoms with Crippen LogP contribution in [0.3, 0.4) is 0 Å². The number of hydrogen-bond donors (Lipinski definition) is 1. The van der Waals surface area contributed by atoms with Crippen molar-refractivity contribution in [3.05, 3.63) is 0 Å². The summed E-state index contributed by atoms with van der Waals surface area (Å²) in [7, 11) is 1.44. The van der Waals surface area contributed by atoms with Crippen LogP contribution in [0.15, 0.2) is 0 Å². The monoisotopic (exact) mass is 171 g/mol. The average molecular weight is 171 g/mol. The first-order chi connectivity index (χ1) is 5.63. The summed E-state index contributed by atoms with van der Waals surface area (Å²) in [5.41, 5.74) is 0. The van der Waals surface area contributed by atoms with E-state index in [0.717, 1.165) is 12.8 Å². The molecule has 3 unspecified atom stereocenters. The summed E-state index contributed by atoms with van der Waals surface area (Å²) in [6.07, 6.45) is 2.05. The van der Waals surface area contributed by atoms with Gasteiger partial charge in [-0.2, -0.15) is 0 Å². The van der Waals surface area contributed by atoms with E-state index in [9.17, 15) is 4.79 Å². The van der Waals surface area contributed by atoms with Gasteiger partial charge in [0.05, 0.1) is 7.11 Å². The lowest BCUT2D eigenvalue weighted by atomic mass is 9.90. The van der Waals surface area contributed by atoms with E-state index in [1.807, 2.05) is 0 Å². The molecule has 3 heteroatoms. The molecule has 0 spiro atoms. The van der Waals surface area contributed by atoms with Crippen LogP contribution in [0.1, 0.15) is 26.7 Å². The molecule has 3 atom stereocenters. The molecule has 0 aromatic heterocycles. The van der Waals surface area contributed by atoms with Gasteiger partial charge in [-0.15, -0.1) is 0 Å². The molecule has 70 valence electrons. The highest BCUT2D eigenvalue weighted by Gasteiger charge is 2.28. The van der Waals surface area contributed by atoms with Gasteiger partial charge >= 0.3 is 5.97 Å². The van der Waals surface area contributed by atoms with Crippen molar-refractivity contribution in [3.63, 3.8) is 0 Å². The first-order valence-corrected chi connectivity index (χ1v) is 4.47. The topological polar surface area (TPSA) is 38.3 Å². The van der Waals surface area contributed by atoms with Crippen molar-refractivity contribution in [2.24, 2.45) is 5.92 Å². The lowest BCUT2D eigenvalue weighted by Gasteiger charge is -2.31. The number of esters is 1. The predicted molar refractivity (Wildman–Crippen MR) is 46.8 cm³/mol. The minimum atomic E-state index is -0.131. The molecule has 12 heavy (non-hydrogen) atoms. The summed E-state index contributed by atoms with van der Waals surface area (Å²) in [4.78, 5) is 11.2. The van der Waals surface area contributed by atoms with E-state index in [4.69, 9.17) is 0 Å². The molecule has 0 aliphatic carbocycles. The zero-order valence-electron chi connectivity index (χ0n) is 7.96. The number of hydrogen-bond acceptors (Lipinski definition) is 3. The van der Waals surface area contributed by atoms with Gasteiger partial charge in [-0.3, -0.25) is 4.79 Å². The molecule has 0 amide bonds. The summed E-state index contributed by atoms with van der Waals surface area (Å²) in [6, 6.07) is 0.339. The number of piperidine rings is 1. The highest BCUT2D eigenvalue weighted by Crippen LogP contribution is 2.19. The van der Waals surface area contributed by atoms with Gasteiger partial charge in [0.25, 0.3) is 0 Å². The van der Waals surface area contributed by atoms with E-state index < -0.39 is 0 Å². The van der Waals surface area contributed by atoms with Gasteiger partial charge in [-0.05, 0) is 25.7 Å². The second-order valence-electron chi connectivity index (χ2n) is 3.72. The van der Waals surface area contributed by atoms with Crippen molar-refractivity contribution < 1.29 is 9.53 Å². The molecule has 0 aromatic carbocycles. The van der Waals surface area contributed by atoms with Crippen molar-refractivity contribution in [1.82, 2.24) is 5.32 Å². The average Bonchev–Trinajstić information content (AvgIpc) is 2.01. The van der Waals surface area contributed by atoms with Crippen molar-refractivity contribution in [2.45, 2.75) is 38.8 Å². The molecule has 0 bridgehead atoms. The Balaban J connectivity index is 2.49. The van der Waals surface area contributed by atoms with E-state index in [1.54, 1.807) is 0 Å². The maximum Gasteiger partial charge on any atom is 0.322 e. The van der Waals surface area contributed by atoms with Crippen molar-refractivity contribution in [2.75, 3.05) is 7.11 Å². The molecule has 3 nitrogen and oxygen atoms in total. The molecule has 0 aromatic rings. The number of rotatable bonds is 1. The van der Waals surface area contributed by atoms with Crippen LogP contribution in [0, 0.1) is 5.92 Å². The second kappa shape index (κ2) is 3.90. The van der Waals surface area contributed by atoms with Crippen LogP contribution in [0.4, 0.5) is 0 Å². The standard InChI is InChI=1S/C9H17NO2/c1-6-4-7(2)10-8(5-6)9(11)12-3/h6-8,10H,4-5H2,1-3H3. The largest absolute Gasteiger partial charge is 0.468 e. The van der Waals surface area contributed by atoms with Gasteiger partial charge < -0.3 is 10.1 Å². The normalized spacial score (nSPS) is 36.1. The highest BCUT2D eigenvalue weighted by atomic mass is 16.5. The fourth-order valence-corrected chi connectivity index (χ4v) is 1.89. The maximum absolute atomic E-state index is 11.2. The van der Waals surface area contributed by atoms with Gasteiger partial charge in [-0.25, -0.2) is 0 Å². The molecule has 0 saturated carbocycles. The first kappa shape index (κ1) is 9.52. The summed E-state index contributed by atoms with van der Waals surface area (Å²) in [5.74, 6) is 0.485. The highest BCUT2D eigenvalue weighted by molar-refractivity contribution is 5.75. The van der Waals surface area contributed by atoms with Gasteiger partial charge in [-0.1, -0.05) is 6.92 Å². The fourth-order valence-electron chi connectivity index (χ4n) is 1.89. The number of ether oxygens (including phenoxy) is 1. The van der Waals surface area contributed by atoms with Gasteiger partial charge in [0, 0.05) is 6.04 Å². The van der Waals surface area contributed by atoms with Crippen LogP contribution in [0.25, 0.3) is 0 Å². The summed E-state index contributed by atoms with van der Waals surface area (Å²) >= 11 is 0. The molecular weight excluding hydrogens is 154 g/mol. The first-order valence-electron chi connectivity index (χ1n) is 4.47. The van der Waals surface area contributed by atoms with Crippen LogP contribution in [-0.2, 0) is 9.53 Å². The lowest BCUT2D eigenvalue weighted by molar-refractivity contribution is -0.144. The zero-order valence-corrected chi connectivity index (χ0v) is 7.96. The smallest absolute Gasteiger partial charge is 0.322 e. The van der Waals surface area contributed by atoms with Crippen LogP contribution in [-0.4, -0.2) is 25.2 Å². The molecule has 1 aliphatic heterocycles. The Morgan fingerprint density at radius 1 is 1.42 bits per heavy atom. The Morgan fingerprint density at radius 3 is 2.58 bits per heavy atom. The quantitative estimate of drug-likeness (QED) is 0.597. The van der Waals surface area contributed by atoms with Gasteiger partial charge in [0.15, 0.2) is 0 Å². The van der Waals surface area contributed by atoms with Crippen molar-refractivity contribution >= 4 is 5.97 Å². The SMILES string of the molecule is COC(=O)C1CC(C)CC(C)N1. The summed E-state index contributed by atoms with van der Waals surface area (Å²) < 4.78 is 4.68. The van der Waals surface area contributed by atoms with Gasteiger partial charge in [0.2, 0.25) is 0 Å². The van der Waals surface area contributed by atoms with Gasteiger partial charge in [0.1, 0.15) is 6.04 Å². The number of carbonyl (C=O) groups is 1. The van der Waals surface area contributed by atoms with Crippen LogP contribution in [0.5, 0.6) is 0 Å². The molecule has 0 radical (unpaired) electrons. The zero-order chi connectivity index (χ0) is 9.14. The minimum Gasteiger partial charge on any atom is -0.468 e. The van der Waals surface area contributed by atoms with E-state index in [2.05, 4.69) is 23.9 Å². The third-order valence-electron chi connectivity index (χ3n) is 2.37. The Morgan fingerprint density at radius 2 is 2.08 bits per heavy atom.